The predicted molar refractivity (Wildman–Crippen MR) is 126 cm³/mol. The average Bonchev–Trinajstić information content (AvgIpc) is 3.53. The Hall–Kier alpha value is -3.08. The van der Waals surface area contributed by atoms with Gasteiger partial charge in [-0.25, -0.2) is 13.2 Å². The molecule has 3 N–H and O–H groups in total. The Morgan fingerprint density at radius 2 is 1.60 bits per heavy atom. The normalized spacial score (nSPS) is 14.5. The van der Waals surface area contributed by atoms with Crippen LogP contribution in [0, 0.1) is 19.8 Å². The number of carbonyl (C=O) groups is 2. The van der Waals surface area contributed by atoms with Crippen LogP contribution in [0.2, 0.25) is 0 Å². The molecule has 0 radical (unpaired) electrons. The number of rotatable bonds is 7. The number of carbonyl (C=O) groups excluding carboxylic acids is 1. The molecule has 1 saturated carbocycles. The van der Waals surface area contributed by atoms with Crippen molar-refractivity contribution < 1.29 is 36.3 Å². The largest absolute Gasteiger partial charge is 0.490 e. The highest BCUT2D eigenvalue weighted by Gasteiger charge is 2.51. The molecule has 1 amide bonds. The first kappa shape index (κ1) is 28.2. The molecule has 192 valence electrons. The Morgan fingerprint density at radius 3 is 2.03 bits per heavy atom. The van der Waals surface area contributed by atoms with Gasteiger partial charge in [-0.3, -0.25) is 9.52 Å². The van der Waals surface area contributed by atoms with Gasteiger partial charge in [-0.1, -0.05) is 43.7 Å². The molecule has 1 fully saturated rings. The van der Waals surface area contributed by atoms with Crippen LogP contribution < -0.4 is 10.0 Å². The van der Waals surface area contributed by atoms with Crippen molar-refractivity contribution in [3.63, 3.8) is 0 Å². The van der Waals surface area contributed by atoms with Crippen LogP contribution in [-0.2, 0) is 25.0 Å². The maximum atomic E-state index is 12.7. The van der Waals surface area contributed by atoms with Crippen LogP contribution in [0.1, 0.15) is 43.4 Å². The lowest BCUT2D eigenvalue weighted by molar-refractivity contribution is -0.192. The molecule has 0 unspecified atom stereocenters. The molecule has 0 aromatic heterocycles. The van der Waals surface area contributed by atoms with Crippen LogP contribution in [0.25, 0.3) is 0 Å². The molecule has 0 heterocycles. The first-order chi connectivity index (χ1) is 16.1. The lowest BCUT2D eigenvalue weighted by Gasteiger charge is -2.17. The van der Waals surface area contributed by atoms with E-state index in [2.05, 4.69) is 23.9 Å². The molecular formula is C24H29F3N2O5S. The number of anilines is 1. The van der Waals surface area contributed by atoms with Gasteiger partial charge in [-0.05, 0) is 61.9 Å². The van der Waals surface area contributed by atoms with E-state index in [0.717, 1.165) is 24.0 Å². The number of sulfonamides is 1. The minimum absolute atomic E-state index is 0.0600. The summed E-state index contributed by atoms with van der Waals surface area (Å²) in [6.45, 7) is 8.51. The second kappa shape index (κ2) is 10.7. The molecule has 1 aliphatic rings. The molecule has 0 aliphatic heterocycles. The number of aryl methyl sites for hydroxylation is 2. The molecule has 7 nitrogen and oxygen atoms in total. The number of hydrogen-bond donors (Lipinski definition) is 3. The van der Waals surface area contributed by atoms with Gasteiger partial charge in [0.15, 0.2) is 0 Å². The topological polar surface area (TPSA) is 113 Å². The average molecular weight is 515 g/mol. The summed E-state index contributed by atoms with van der Waals surface area (Å²) in [4.78, 5) is 21.7. The third-order valence-corrected chi connectivity index (χ3v) is 6.95. The predicted octanol–water partition coefficient (Wildman–Crippen LogP) is 4.54. The van der Waals surface area contributed by atoms with Crippen LogP contribution >= 0.6 is 0 Å². The molecule has 3 rings (SSSR count). The van der Waals surface area contributed by atoms with E-state index in [0.29, 0.717) is 23.7 Å². The summed E-state index contributed by atoms with van der Waals surface area (Å²) in [5.74, 6) is -2.29. The SMILES string of the molecule is Cc1ccc(S(=O)(=O)Nc2ccc(C3(C(=O)NCC(C)C)CC3)cc2)c(C)c1.O=C(O)C(F)(F)F. The van der Waals surface area contributed by atoms with E-state index in [1.54, 1.807) is 31.2 Å². The summed E-state index contributed by atoms with van der Waals surface area (Å²) in [5.41, 5.74) is 2.69. The number of amides is 1. The Balaban J connectivity index is 0.000000540. The summed E-state index contributed by atoms with van der Waals surface area (Å²) in [6, 6.07) is 12.4. The molecule has 0 bridgehead atoms. The Bertz CT molecular complexity index is 1170. The maximum Gasteiger partial charge on any atom is 0.490 e. The summed E-state index contributed by atoms with van der Waals surface area (Å²) in [6.07, 6.45) is -3.44. The molecule has 2 aromatic carbocycles. The Labute approximate surface area is 202 Å². The number of aliphatic carboxylic acids is 1. The molecule has 2 aromatic rings. The lowest BCUT2D eigenvalue weighted by Crippen LogP contribution is -2.36. The molecule has 0 saturated heterocycles. The van der Waals surface area contributed by atoms with Crippen molar-refractivity contribution in [3.8, 4) is 0 Å². The van der Waals surface area contributed by atoms with Gasteiger partial charge >= 0.3 is 12.1 Å². The summed E-state index contributed by atoms with van der Waals surface area (Å²) in [7, 11) is -3.66. The van der Waals surface area contributed by atoms with Crippen LogP contribution in [0.4, 0.5) is 18.9 Å². The fourth-order valence-electron chi connectivity index (χ4n) is 3.41. The molecule has 35 heavy (non-hydrogen) atoms. The Kier molecular flexibility index (Phi) is 8.59. The fraction of sp³-hybridized carbons (Fsp3) is 0.417. The van der Waals surface area contributed by atoms with Gasteiger partial charge < -0.3 is 10.4 Å². The number of halogens is 3. The molecule has 11 heteroatoms. The van der Waals surface area contributed by atoms with Gasteiger partial charge in [0.05, 0.1) is 10.3 Å². The fourth-order valence-corrected chi connectivity index (χ4v) is 4.69. The summed E-state index contributed by atoms with van der Waals surface area (Å²) in [5, 5.41) is 10.1. The highest BCUT2D eigenvalue weighted by atomic mass is 32.2. The number of benzene rings is 2. The number of alkyl halides is 3. The van der Waals surface area contributed by atoms with Crippen molar-refractivity contribution in [3.05, 3.63) is 59.2 Å². The summed E-state index contributed by atoms with van der Waals surface area (Å²) >= 11 is 0. The van der Waals surface area contributed by atoms with Gasteiger partial charge in [0.25, 0.3) is 10.0 Å². The molecular weight excluding hydrogens is 485 g/mol. The van der Waals surface area contributed by atoms with E-state index in [1.807, 2.05) is 25.1 Å². The van der Waals surface area contributed by atoms with E-state index in [4.69, 9.17) is 9.90 Å². The third-order valence-electron chi connectivity index (χ3n) is 5.41. The van der Waals surface area contributed by atoms with Crippen molar-refractivity contribution in [2.24, 2.45) is 5.92 Å². The second-order valence-electron chi connectivity index (χ2n) is 8.94. The zero-order valence-electron chi connectivity index (χ0n) is 19.9. The Morgan fingerprint density at radius 1 is 1.06 bits per heavy atom. The van der Waals surface area contributed by atoms with E-state index < -0.39 is 27.6 Å². The van der Waals surface area contributed by atoms with E-state index >= 15 is 0 Å². The smallest absolute Gasteiger partial charge is 0.475 e. The van der Waals surface area contributed by atoms with Gasteiger partial charge in [0.1, 0.15) is 0 Å². The van der Waals surface area contributed by atoms with Gasteiger partial charge in [-0.2, -0.15) is 13.2 Å². The minimum Gasteiger partial charge on any atom is -0.475 e. The van der Waals surface area contributed by atoms with Crippen LogP contribution in [0.15, 0.2) is 47.4 Å². The molecule has 0 spiro atoms. The highest BCUT2D eigenvalue weighted by Crippen LogP contribution is 2.48. The first-order valence-electron chi connectivity index (χ1n) is 10.9. The van der Waals surface area contributed by atoms with E-state index in [-0.39, 0.29) is 10.8 Å². The first-order valence-corrected chi connectivity index (χ1v) is 12.4. The maximum absolute atomic E-state index is 12.7. The van der Waals surface area contributed by atoms with Crippen molar-refractivity contribution >= 4 is 27.6 Å². The number of hydrogen-bond acceptors (Lipinski definition) is 4. The van der Waals surface area contributed by atoms with Crippen molar-refractivity contribution in [2.75, 3.05) is 11.3 Å². The van der Waals surface area contributed by atoms with Crippen LogP contribution in [-0.4, -0.2) is 38.1 Å². The number of nitrogens with one attached hydrogen (secondary N) is 2. The van der Waals surface area contributed by atoms with Crippen molar-refractivity contribution in [1.82, 2.24) is 5.32 Å². The monoisotopic (exact) mass is 514 g/mol. The highest BCUT2D eigenvalue weighted by molar-refractivity contribution is 7.92. The van der Waals surface area contributed by atoms with Crippen LogP contribution in [0.3, 0.4) is 0 Å². The van der Waals surface area contributed by atoms with E-state index in [9.17, 15) is 26.4 Å². The second-order valence-corrected chi connectivity index (χ2v) is 10.6. The van der Waals surface area contributed by atoms with Gasteiger partial charge in [0.2, 0.25) is 5.91 Å². The summed E-state index contributed by atoms with van der Waals surface area (Å²) < 4.78 is 59.8. The zero-order chi connectivity index (χ0) is 26.6. The third kappa shape index (κ3) is 7.45. The quantitative estimate of drug-likeness (QED) is 0.502. The zero-order valence-corrected chi connectivity index (χ0v) is 20.7. The number of carboxylic acids is 1. The van der Waals surface area contributed by atoms with Gasteiger partial charge in [-0.15, -0.1) is 0 Å². The van der Waals surface area contributed by atoms with Gasteiger partial charge in [0, 0.05) is 12.2 Å². The van der Waals surface area contributed by atoms with Crippen molar-refractivity contribution in [2.45, 2.75) is 57.0 Å². The molecule has 1 aliphatic carbocycles. The van der Waals surface area contributed by atoms with Crippen LogP contribution in [0.5, 0.6) is 0 Å². The standard InChI is InChI=1S/C22H28N2O3S.C2HF3O2/c1-15(2)14-23-21(25)22(11-12-22)18-6-8-19(9-7-18)24-28(26,27)20-10-5-16(3)13-17(20)4;3-2(4,5)1(6)7/h5-10,13,15,24H,11-12,14H2,1-4H3,(H,23,25);(H,6,7). The minimum atomic E-state index is -5.08. The lowest BCUT2D eigenvalue weighted by atomic mass is 9.94. The number of carboxylic acid groups (broad SMARTS) is 1. The van der Waals surface area contributed by atoms with E-state index in [1.165, 1.54) is 0 Å². The van der Waals surface area contributed by atoms with Crippen molar-refractivity contribution in [1.29, 1.82) is 0 Å². The molecule has 0 atom stereocenters.